The lowest BCUT2D eigenvalue weighted by molar-refractivity contribution is 0.0297. The summed E-state index contributed by atoms with van der Waals surface area (Å²) in [4.78, 5) is 11.4. The number of para-hydroxylation sites is 1. The first-order valence-corrected chi connectivity index (χ1v) is 5.67. The second-order valence-corrected chi connectivity index (χ2v) is 3.78. The Balaban J connectivity index is 1.70. The average Bonchev–Trinajstić information content (AvgIpc) is 2.39. The van der Waals surface area contributed by atoms with Gasteiger partial charge >= 0.3 is 6.09 Å². The van der Waals surface area contributed by atoms with Gasteiger partial charge in [-0.15, -0.1) is 0 Å². The molecular formula is C12H16N2O3. The molecule has 1 amide bonds. The van der Waals surface area contributed by atoms with Crippen molar-refractivity contribution >= 4 is 6.09 Å². The molecule has 1 aliphatic rings. The van der Waals surface area contributed by atoms with Crippen LogP contribution >= 0.6 is 0 Å². The van der Waals surface area contributed by atoms with Crippen LogP contribution in [0.2, 0.25) is 0 Å². The van der Waals surface area contributed by atoms with Crippen molar-refractivity contribution in [3.8, 4) is 5.75 Å². The van der Waals surface area contributed by atoms with Crippen LogP contribution in [0.25, 0.3) is 0 Å². The molecule has 5 nitrogen and oxygen atoms in total. The predicted molar refractivity (Wildman–Crippen MR) is 63.1 cm³/mol. The first kappa shape index (κ1) is 11.9. The third-order valence-electron chi connectivity index (χ3n) is 2.43. The van der Waals surface area contributed by atoms with Gasteiger partial charge in [0.25, 0.3) is 0 Å². The van der Waals surface area contributed by atoms with Crippen molar-refractivity contribution in [3.63, 3.8) is 0 Å². The van der Waals surface area contributed by atoms with E-state index in [9.17, 15) is 4.79 Å². The van der Waals surface area contributed by atoms with Gasteiger partial charge in [-0.25, -0.2) is 4.79 Å². The second kappa shape index (κ2) is 6.22. The van der Waals surface area contributed by atoms with Crippen LogP contribution in [-0.4, -0.2) is 38.4 Å². The van der Waals surface area contributed by atoms with Gasteiger partial charge in [-0.05, 0) is 12.1 Å². The Bertz CT molecular complexity index is 350. The zero-order valence-electron chi connectivity index (χ0n) is 9.52. The average molecular weight is 236 g/mol. The first-order valence-electron chi connectivity index (χ1n) is 5.67. The summed E-state index contributed by atoms with van der Waals surface area (Å²) in [5.74, 6) is 0.535. The Morgan fingerprint density at radius 1 is 1.47 bits per heavy atom. The standard InChI is InChI=1S/C12H16N2O3/c15-12(17-10-4-2-1-3-5-10)14-9-11-8-13-6-7-16-11/h1-5,11,13H,6-9H2,(H,14,15). The molecular weight excluding hydrogens is 220 g/mol. The molecule has 0 bridgehead atoms. The molecule has 1 aromatic carbocycles. The van der Waals surface area contributed by atoms with Gasteiger partial charge < -0.3 is 20.1 Å². The van der Waals surface area contributed by atoms with E-state index in [1.165, 1.54) is 0 Å². The van der Waals surface area contributed by atoms with Crippen LogP contribution in [0.4, 0.5) is 4.79 Å². The van der Waals surface area contributed by atoms with Crippen molar-refractivity contribution in [2.45, 2.75) is 6.10 Å². The quantitative estimate of drug-likeness (QED) is 0.813. The van der Waals surface area contributed by atoms with Crippen LogP contribution < -0.4 is 15.4 Å². The predicted octanol–water partition coefficient (Wildman–Crippen LogP) is 0.763. The largest absolute Gasteiger partial charge is 0.412 e. The first-order chi connectivity index (χ1) is 8.34. The van der Waals surface area contributed by atoms with E-state index in [4.69, 9.17) is 9.47 Å². The summed E-state index contributed by atoms with van der Waals surface area (Å²) in [5, 5.41) is 5.87. The van der Waals surface area contributed by atoms with E-state index in [-0.39, 0.29) is 6.10 Å². The lowest BCUT2D eigenvalue weighted by Gasteiger charge is -2.23. The number of carbonyl (C=O) groups is 1. The molecule has 1 atom stereocenters. The molecule has 1 aromatic rings. The number of carbonyl (C=O) groups excluding carboxylic acids is 1. The Kier molecular flexibility index (Phi) is 4.35. The lowest BCUT2D eigenvalue weighted by Crippen LogP contribution is -2.45. The maximum atomic E-state index is 11.4. The van der Waals surface area contributed by atoms with Crippen LogP contribution in [0.15, 0.2) is 30.3 Å². The van der Waals surface area contributed by atoms with Crippen LogP contribution in [0.5, 0.6) is 5.75 Å². The minimum Gasteiger partial charge on any atom is -0.410 e. The highest BCUT2D eigenvalue weighted by atomic mass is 16.6. The third kappa shape index (κ3) is 4.05. The molecule has 1 fully saturated rings. The Labute approximate surface area is 100 Å². The SMILES string of the molecule is O=C(NCC1CNCCO1)Oc1ccccc1. The number of morpholine rings is 1. The van der Waals surface area contributed by atoms with Gasteiger partial charge in [-0.3, -0.25) is 0 Å². The molecule has 2 N–H and O–H groups in total. The molecule has 0 spiro atoms. The van der Waals surface area contributed by atoms with Crippen molar-refractivity contribution in [1.82, 2.24) is 10.6 Å². The topological polar surface area (TPSA) is 59.6 Å². The highest BCUT2D eigenvalue weighted by Gasteiger charge is 2.14. The molecule has 2 rings (SSSR count). The number of nitrogens with one attached hydrogen (secondary N) is 2. The zero-order valence-corrected chi connectivity index (χ0v) is 9.52. The summed E-state index contributed by atoms with van der Waals surface area (Å²) in [6.07, 6.45) is -0.433. The maximum Gasteiger partial charge on any atom is 0.412 e. The Morgan fingerprint density at radius 3 is 3.00 bits per heavy atom. The summed E-state index contributed by atoms with van der Waals surface area (Å²) >= 11 is 0. The number of rotatable bonds is 3. The fourth-order valence-corrected chi connectivity index (χ4v) is 1.58. The molecule has 1 saturated heterocycles. The molecule has 1 heterocycles. The molecule has 92 valence electrons. The third-order valence-corrected chi connectivity index (χ3v) is 2.43. The Hall–Kier alpha value is -1.59. The number of amides is 1. The van der Waals surface area contributed by atoms with Gasteiger partial charge in [0, 0.05) is 19.6 Å². The molecule has 0 aromatic heterocycles. The lowest BCUT2D eigenvalue weighted by atomic mass is 10.3. The van der Waals surface area contributed by atoms with E-state index >= 15 is 0 Å². The van der Waals surface area contributed by atoms with Crippen molar-refractivity contribution in [2.24, 2.45) is 0 Å². The number of hydrogen-bond acceptors (Lipinski definition) is 4. The van der Waals surface area contributed by atoms with Crippen LogP contribution in [0.1, 0.15) is 0 Å². The molecule has 17 heavy (non-hydrogen) atoms. The monoisotopic (exact) mass is 236 g/mol. The van der Waals surface area contributed by atoms with Crippen molar-refractivity contribution in [3.05, 3.63) is 30.3 Å². The van der Waals surface area contributed by atoms with Gasteiger partial charge in [-0.1, -0.05) is 18.2 Å². The number of ether oxygens (including phenoxy) is 2. The smallest absolute Gasteiger partial charge is 0.410 e. The second-order valence-electron chi connectivity index (χ2n) is 3.78. The summed E-state index contributed by atoms with van der Waals surface area (Å²) in [6, 6.07) is 8.97. The fourth-order valence-electron chi connectivity index (χ4n) is 1.58. The van der Waals surface area contributed by atoms with Crippen LogP contribution in [-0.2, 0) is 4.74 Å². The maximum absolute atomic E-state index is 11.4. The molecule has 1 unspecified atom stereocenters. The van der Waals surface area contributed by atoms with E-state index in [1.54, 1.807) is 12.1 Å². The van der Waals surface area contributed by atoms with Gasteiger partial charge in [0.1, 0.15) is 5.75 Å². The summed E-state index contributed by atoms with van der Waals surface area (Å²) in [7, 11) is 0. The van der Waals surface area contributed by atoms with E-state index in [1.807, 2.05) is 18.2 Å². The van der Waals surface area contributed by atoms with Crippen molar-refractivity contribution in [1.29, 1.82) is 0 Å². The minimum absolute atomic E-state index is 0.0204. The fraction of sp³-hybridized carbons (Fsp3) is 0.417. The molecule has 0 saturated carbocycles. The highest BCUT2D eigenvalue weighted by Crippen LogP contribution is 2.08. The van der Waals surface area contributed by atoms with E-state index in [0.29, 0.717) is 18.9 Å². The van der Waals surface area contributed by atoms with Gasteiger partial charge in [-0.2, -0.15) is 0 Å². The summed E-state index contributed by atoms with van der Waals surface area (Å²) < 4.78 is 10.5. The van der Waals surface area contributed by atoms with Crippen LogP contribution in [0.3, 0.4) is 0 Å². The van der Waals surface area contributed by atoms with Crippen molar-refractivity contribution < 1.29 is 14.3 Å². The minimum atomic E-state index is -0.453. The van der Waals surface area contributed by atoms with Gasteiger partial charge in [0.05, 0.1) is 12.7 Å². The van der Waals surface area contributed by atoms with Crippen molar-refractivity contribution in [2.75, 3.05) is 26.2 Å². The molecule has 0 radical (unpaired) electrons. The summed E-state index contributed by atoms with van der Waals surface area (Å²) in [6.45, 7) is 2.76. The van der Waals surface area contributed by atoms with Gasteiger partial charge in [0.15, 0.2) is 0 Å². The molecule has 5 heteroatoms. The molecule has 1 aliphatic heterocycles. The highest BCUT2D eigenvalue weighted by molar-refractivity contribution is 5.70. The van der Waals surface area contributed by atoms with E-state index in [0.717, 1.165) is 13.1 Å². The van der Waals surface area contributed by atoms with Gasteiger partial charge in [0.2, 0.25) is 0 Å². The Morgan fingerprint density at radius 2 is 2.29 bits per heavy atom. The van der Waals surface area contributed by atoms with Crippen LogP contribution in [0, 0.1) is 0 Å². The molecule has 0 aliphatic carbocycles. The number of benzene rings is 1. The van der Waals surface area contributed by atoms with E-state index in [2.05, 4.69) is 10.6 Å². The normalized spacial score (nSPS) is 19.6. The van der Waals surface area contributed by atoms with E-state index < -0.39 is 6.09 Å². The summed E-state index contributed by atoms with van der Waals surface area (Å²) in [5.41, 5.74) is 0. The zero-order chi connectivity index (χ0) is 11.9. The number of hydrogen-bond donors (Lipinski definition) is 2.